The summed E-state index contributed by atoms with van der Waals surface area (Å²) in [7, 11) is 0. The van der Waals surface area contributed by atoms with E-state index in [0.29, 0.717) is 0 Å². The third-order valence-corrected chi connectivity index (χ3v) is 2.98. The molecule has 0 aliphatic carbocycles. The van der Waals surface area contributed by atoms with Gasteiger partial charge in [0.2, 0.25) is 0 Å². The topological polar surface area (TPSA) is 35.5 Å². The predicted octanol–water partition coefficient (Wildman–Crippen LogP) is 3.64. The Kier molecular flexibility index (Phi) is 2.73. The lowest BCUT2D eigenvalue weighted by atomic mass is 9.99. The second-order valence-corrected chi connectivity index (χ2v) is 4.15. The average molecular weight is 240 g/mol. The predicted molar refractivity (Wildman–Crippen MR) is 65.9 cm³/mol. The lowest BCUT2D eigenvalue weighted by Gasteiger charge is -2.15. The first kappa shape index (κ1) is 10.8. The maximum Gasteiger partial charge on any atom is 0.509 e. The van der Waals surface area contributed by atoms with Crippen molar-refractivity contribution in [2.24, 2.45) is 0 Å². The molecule has 2 aromatic rings. The largest absolute Gasteiger partial charge is 0.509 e. The van der Waals surface area contributed by atoms with Crippen LogP contribution in [0.2, 0.25) is 0 Å². The Balaban J connectivity index is 1.96. The van der Waals surface area contributed by atoms with Gasteiger partial charge in [-0.15, -0.1) is 0 Å². The number of carbonyl (C=O) groups is 1. The summed E-state index contributed by atoms with van der Waals surface area (Å²) in [6, 6.07) is 19.3. The van der Waals surface area contributed by atoms with Crippen molar-refractivity contribution >= 4 is 6.16 Å². The lowest BCUT2D eigenvalue weighted by molar-refractivity contribution is 0.116. The minimum atomic E-state index is -0.613. The summed E-state index contributed by atoms with van der Waals surface area (Å²) >= 11 is 0. The minimum Gasteiger partial charge on any atom is -0.422 e. The van der Waals surface area contributed by atoms with E-state index in [0.717, 1.165) is 11.1 Å². The number of carbonyl (C=O) groups excluding carboxylic acids is 1. The molecule has 1 saturated heterocycles. The zero-order valence-electron chi connectivity index (χ0n) is 9.65. The van der Waals surface area contributed by atoms with Crippen molar-refractivity contribution in [1.29, 1.82) is 0 Å². The first-order valence-electron chi connectivity index (χ1n) is 5.82. The quantitative estimate of drug-likeness (QED) is 0.752. The van der Waals surface area contributed by atoms with Crippen LogP contribution in [0.5, 0.6) is 0 Å². The molecule has 18 heavy (non-hydrogen) atoms. The minimum absolute atomic E-state index is 0.374. The Bertz CT molecular complexity index is 487. The third kappa shape index (κ3) is 1.95. The molecule has 0 bridgehead atoms. The number of ether oxygens (including phenoxy) is 2. The Morgan fingerprint density at radius 3 is 1.44 bits per heavy atom. The molecule has 0 unspecified atom stereocenters. The fraction of sp³-hybridized carbons (Fsp3) is 0.133. The lowest BCUT2D eigenvalue weighted by Crippen LogP contribution is -2.06. The van der Waals surface area contributed by atoms with Gasteiger partial charge in [-0.2, -0.15) is 0 Å². The van der Waals surface area contributed by atoms with Crippen molar-refractivity contribution in [3.05, 3.63) is 71.8 Å². The van der Waals surface area contributed by atoms with Gasteiger partial charge in [0.15, 0.2) is 12.2 Å². The summed E-state index contributed by atoms with van der Waals surface area (Å²) in [5.74, 6) is 0. The van der Waals surface area contributed by atoms with E-state index in [1.807, 2.05) is 60.7 Å². The number of hydrogen-bond acceptors (Lipinski definition) is 3. The van der Waals surface area contributed by atoms with Crippen LogP contribution in [0, 0.1) is 0 Å². The van der Waals surface area contributed by atoms with Crippen LogP contribution in [0.3, 0.4) is 0 Å². The summed E-state index contributed by atoms with van der Waals surface area (Å²) in [5, 5.41) is 0. The highest BCUT2D eigenvalue weighted by molar-refractivity contribution is 5.63. The molecule has 1 aliphatic heterocycles. The molecule has 2 atom stereocenters. The SMILES string of the molecule is O=C1O[C@H](c2ccccc2)[C@@H](c2ccccc2)O1. The molecule has 0 spiro atoms. The smallest absolute Gasteiger partial charge is 0.422 e. The van der Waals surface area contributed by atoms with Crippen molar-refractivity contribution in [2.75, 3.05) is 0 Å². The third-order valence-electron chi connectivity index (χ3n) is 2.98. The zero-order chi connectivity index (χ0) is 12.4. The molecule has 3 nitrogen and oxygen atoms in total. The Hall–Kier alpha value is -2.29. The molecule has 0 radical (unpaired) electrons. The van der Waals surface area contributed by atoms with Crippen LogP contribution in [0.1, 0.15) is 23.3 Å². The molecular formula is C15H12O3. The van der Waals surface area contributed by atoms with Gasteiger partial charge in [0, 0.05) is 0 Å². The van der Waals surface area contributed by atoms with Crippen LogP contribution in [0.25, 0.3) is 0 Å². The molecule has 1 fully saturated rings. The average Bonchev–Trinajstić information content (AvgIpc) is 2.83. The van der Waals surface area contributed by atoms with Gasteiger partial charge in [-0.25, -0.2) is 4.79 Å². The molecule has 1 aliphatic rings. The molecule has 0 amide bonds. The van der Waals surface area contributed by atoms with Gasteiger partial charge in [0.25, 0.3) is 0 Å². The summed E-state index contributed by atoms with van der Waals surface area (Å²) in [4.78, 5) is 11.4. The first-order valence-corrected chi connectivity index (χ1v) is 5.82. The first-order chi connectivity index (χ1) is 8.84. The maximum atomic E-state index is 11.4. The number of benzene rings is 2. The van der Waals surface area contributed by atoms with Crippen LogP contribution < -0.4 is 0 Å². The van der Waals surface area contributed by atoms with E-state index in [2.05, 4.69) is 0 Å². The van der Waals surface area contributed by atoms with Crippen LogP contribution >= 0.6 is 0 Å². The normalized spacial score (nSPS) is 22.3. The highest BCUT2D eigenvalue weighted by Crippen LogP contribution is 2.40. The fourth-order valence-corrected chi connectivity index (χ4v) is 2.13. The molecular weight excluding hydrogens is 228 g/mol. The molecule has 90 valence electrons. The highest BCUT2D eigenvalue weighted by atomic mass is 16.8. The van der Waals surface area contributed by atoms with E-state index in [-0.39, 0.29) is 12.2 Å². The van der Waals surface area contributed by atoms with Crippen LogP contribution in [-0.4, -0.2) is 6.16 Å². The molecule has 1 heterocycles. The van der Waals surface area contributed by atoms with E-state index in [9.17, 15) is 4.79 Å². The van der Waals surface area contributed by atoms with Crippen LogP contribution in [0.4, 0.5) is 4.79 Å². The molecule has 0 aromatic heterocycles. The van der Waals surface area contributed by atoms with E-state index in [1.165, 1.54) is 0 Å². The Morgan fingerprint density at radius 2 is 1.06 bits per heavy atom. The van der Waals surface area contributed by atoms with Crippen LogP contribution in [-0.2, 0) is 9.47 Å². The molecule has 0 N–H and O–H groups in total. The number of hydrogen-bond donors (Lipinski definition) is 0. The van der Waals surface area contributed by atoms with E-state index in [1.54, 1.807) is 0 Å². The number of cyclic esters (lactones) is 2. The van der Waals surface area contributed by atoms with Gasteiger partial charge in [-0.05, 0) is 11.1 Å². The van der Waals surface area contributed by atoms with Crippen LogP contribution in [0.15, 0.2) is 60.7 Å². The van der Waals surface area contributed by atoms with Gasteiger partial charge >= 0.3 is 6.16 Å². The summed E-state index contributed by atoms with van der Waals surface area (Å²) < 4.78 is 10.5. The second kappa shape index (κ2) is 4.53. The highest BCUT2D eigenvalue weighted by Gasteiger charge is 2.38. The molecule has 2 aromatic carbocycles. The molecule has 0 saturated carbocycles. The van der Waals surface area contributed by atoms with E-state index < -0.39 is 6.16 Å². The van der Waals surface area contributed by atoms with Gasteiger partial charge in [-0.3, -0.25) is 0 Å². The van der Waals surface area contributed by atoms with Crippen molar-refractivity contribution in [3.63, 3.8) is 0 Å². The standard InChI is InChI=1S/C15H12O3/c16-15-17-13(11-7-3-1-4-8-11)14(18-15)12-9-5-2-6-10-12/h1-10,13-14H/t13-,14-/m1/s1. The van der Waals surface area contributed by atoms with E-state index in [4.69, 9.17) is 9.47 Å². The summed E-state index contributed by atoms with van der Waals surface area (Å²) in [6.07, 6.45) is -1.36. The second-order valence-electron chi connectivity index (χ2n) is 4.15. The van der Waals surface area contributed by atoms with Gasteiger partial charge < -0.3 is 9.47 Å². The van der Waals surface area contributed by atoms with Crippen molar-refractivity contribution < 1.29 is 14.3 Å². The monoisotopic (exact) mass is 240 g/mol. The van der Waals surface area contributed by atoms with Crippen molar-refractivity contribution in [2.45, 2.75) is 12.2 Å². The maximum absolute atomic E-state index is 11.4. The van der Waals surface area contributed by atoms with Gasteiger partial charge in [0.05, 0.1) is 0 Å². The zero-order valence-corrected chi connectivity index (χ0v) is 9.65. The van der Waals surface area contributed by atoms with E-state index >= 15 is 0 Å². The van der Waals surface area contributed by atoms with Gasteiger partial charge in [0.1, 0.15) is 0 Å². The molecule has 3 heteroatoms. The van der Waals surface area contributed by atoms with Crippen molar-refractivity contribution in [3.8, 4) is 0 Å². The number of rotatable bonds is 2. The van der Waals surface area contributed by atoms with Crippen molar-refractivity contribution in [1.82, 2.24) is 0 Å². The Morgan fingerprint density at radius 1 is 0.667 bits per heavy atom. The van der Waals surface area contributed by atoms with Gasteiger partial charge in [-0.1, -0.05) is 60.7 Å². The summed E-state index contributed by atoms with van der Waals surface area (Å²) in [5.41, 5.74) is 1.88. The Labute approximate surface area is 105 Å². The molecule has 3 rings (SSSR count). The summed E-state index contributed by atoms with van der Waals surface area (Å²) in [6.45, 7) is 0. The fourth-order valence-electron chi connectivity index (χ4n) is 2.13.